The summed E-state index contributed by atoms with van der Waals surface area (Å²) in [6, 6.07) is 6.31. The van der Waals surface area contributed by atoms with Crippen LogP contribution in [0.15, 0.2) is 42.9 Å². The second-order valence-corrected chi connectivity index (χ2v) is 7.48. The maximum absolute atomic E-state index is 14.3. The molecule has 0 atom stereocenters. The zero-order valence-electron chi connectivity index (χ0n) is 17.4. The van der Waals surface area contributed by atoms with E-state index in [1.54, 1.807) is 37.8 Å². The summed E-state index contributed by atoms with van der Waals surface area (Å²) in [5.74, 6) is 0.535. The van der Waals surface area contributed by atoms with Crippen molar-refractivity contribution in [2.45, 2.75) is 32.2 Å². The third kappa shape index (κ3) is 5.08. The lowest BCUT2D eigenvalue weighted by Crippen LogP contribution is -2.31. The summed E-state index contributed by atoms with van der Waals surface area (Å²) < 4.78 is 19.3. The van der Waals surface area contributed by atoms with Crippen LogP contribution in [0.2, 0.25) is 0 Å². The average molecular weight is 421 g/mol. The highest BCUT2D eigenvalue weighted by atomic mass is 19.1. The first kappa shape index (κ1) is 21.0. The molecule has 0 saturated carbocycles. The van der Waals surface area contributed by atoms with Gasteiger partial charge in [0.1, 0.15) is 5.82 Å². The van der Waals surface area contributed by atoms with Gasteiger partial charge in [0.25, 0.3) is 0 Å². The number of hydrogen-bond donors (Lipinski definition) is 0. The van der Waals surface area contributed by atoms with Gasteiger partial charge >= 0.3 is 0 Å². The van der Waals surface area contributed by atoms with E-state index in [4.69, 9.17) is 4.74 Å². The SMILES string of the molecule is COCCCCC(=O)c1cc(F)cc(N2CCc3nc(-c4ncccn4)ncc3C2)c1. The first-order chi connectivity index (χ1) is 15.1. The summed E-state index contributed by atoms with van der Waals surface area (Å²) in [5, 5.41) is 0. The minimum absolute atomic E-state index is 0.0508. The molecule has 160 valence electrons. The lowest BCUT2D eigenvalue weighted by atomic mass is 10.0. The predicted octanol–water partition coefficient (Wildman–Crippen LogP) is 3.63. The molecule has 7 nitrogen and oxygen atoms in total. The Bertz CT molecular complexity index is 1060. The number of unbranched alkanes of at least 4 members (excludes halogenated alkanes) is 1. The molecule has 0 N–H and O–H groups in total. The van der Waals surface area contributed by atoms with Crippen molar-refractivity contribution in [1.29, 1.82) is 0 Å². The van der Waals surface area contributed by atoms with E-state index in [0.29, 0.717) is 55.4 Å². The lowest BCUT2D eigenvalue weighted by Gasteiger charge is -2.30. The molecule has 0 radical (unpaired) electrons. The number of anilines is 1. The maximum Gasteiger partial charge on any atom is 0.197 e. The van der Waals surface area contributed by atoms with E-state index in [-0.39, 0.29) is 5.78 Å². The number of rotatable bonds is 8. The Hall–Kier alpha value is -3.26. The number of ether oxygens (including phenoxy) is 1. The number of carbonyl (C=O) groups excluding carboxylic acids is 1. The quantitative estimate of drug-likeness (QED) is 0.406. The highest BCUT2D eigenvalue weighted by Crippen LogP contribution is 2.26. The van der Waals surface area contributed by atoms with Crippen LogP contribution in [0.3, 0.4) is 0 Å². The van der Waals surface area contributed by atoms with Crippen LogP contribution in [0.1, 0.15) is 40.9 Å². The van der Waals surface area contributed by atoms with Gasteiger partial charge in [-0.2, -0.15) is 0 Å². The number of Topliss-reactive ketones (excluding diaryl/α,β-unsaturated/α-hetero) is 1. The Morgan fingerprint density at radius 3 is 2.77 bits per heavy atom. The normalized spacial score (nSPS) is 13.2. The third-order valence-electron chi connectivity index (χ3n) is 5.27. The Balaban J connectivity index is 1.49. The molecular weight excluding hydrogens is 397 g/mol. The Morgan fingerprint density at radius 2 is 1.97 bits per heavy atom. The van der Waals surface area contributed by atoms with Crippen LogP contribution < -0.4 is 4.90 Å². The molecule has 0 spiro atoms. The first-order valence-corrected chi connectivity index (χ1v) is 10.3. The van der Waals surface area contributed by atoms with E-state index in [1.165, 1.54) is 12.1 Å². The van der Waals surface area contributed by atoms with E-state index in [1.807, 2.05) is 0 Å². The van der Waals surface area contributed by atoms with Crippen LogP contribution in [0.5, 0.6) is 0 Å². The molecular formula is C23H24FN5O2. The van der Waals surface area contributed by atoms with Gasteiger partial charge in [0, 0.05) is 75.1 Å². The molecule has 3 aromatic rings. The number of benzene rings is 1. The summed E-state index contributed by atoms with van der Waals surface area (Å²) in [7, 11) is 1.64. The Kier molecular flexibility index (Phi) is 6.57. The minimum atomic E-state index is -0.406. The number of nitrogens with zero attached hydrogens (tertiary/aromatic N) is 5. The van der Waals surface area contributed by atoms with Crippen molar-refractivity contribution in [2.24, 2.45) is 0 Å². The molecule has 0 aliphatic carbocycles. The van der Waals surface area contributed by atoms with Crippen LogP contribution in [0.4, 0.5) is 10.1 Å². The molecule has 3 heterocycles. The maximum atomic E-state index is 14.3. The van der Waals surface area contributed by atoms with Gasteiger partial charge in [-0.05, 0) is 37.1 Å². The topological polar surface area (TPSA) is 81.1 Å². The standard InChI is InChI=1S/C23H24FN5O2/c1-31-10-3-2-5-21(30)16-11-18(24)13-19(12-16)29-9-6-20-17(15-29)14-27-23(28-20)22-25-7-4-8-26-22/h4,7-8,11-14H,2-3,5-6,9-10,15H2,1H3. The minimum Gasteiger partial charge on any atom is -0.385 e. The smallest absolute Gasteiger partial charge is 0.197 e. The fourth-order valence-corrected chi connectivity index (χ4v) is 3.65. The molecule has 2 aromatic heterocycles. The summed E-state index contributed by atoms with van der Waals surface area (Å²) >= 11 is 0. The summed E-state index contributed by atoms with van der Waals surface area (Å²) in [5.41, 5.74) is 3.02. The van der Waals surface area contributed by atoms with Crippen LogP contribution in [-0.4, -0.2) is 46.0 Å². The van der Waals surface area contributed by atoms with Crippen LogP contribution in [0.25, 0.3) is 11.6 Å². The molecule has 0 bridgehead atoms. The Morgan fingerprint density at radius 1 is 1.13 bits per heavy atom. The van der Waals surface area contributed by atoms with Crippen molar-refractivity contribution < 1.29 is 13.9 Å². The lowest BCUT2D eigenvalue weighted by molar-refractivity contribution is 0.0974. The Labute approximate surface area is 180 Å². The van der Waals surface area contributed by atoms with Crippen LogP contribution >= 0.6 is 0 Å². The van der Waals surface area contributed by atoms with Crippen molar-refractivity contribution in [3.05, 3.63) is 65.5 Å². The fraction of sp³-hybridized carbons (Fsp3) is 0.348. The summed E-state index contributed by atoms with van der Waals surface area (Å²) in [6.07, 6.45) is 7.70. The van der Waals surface area contributed by atoms with Crippen molar-refractivity contribution >= 4 is 11.5 Å². The molecule has 1 aliphatic heterocycles. The number of ketones is 1. The average Bonchev–Trinajstić information content (AvgIpc) is 2.81. The molecule has 1 aromatic carbocycles. The number of methoxy groups -OCH3 is 1. The highest BCUT2D eigenvalue weighted by molar-refractivity contribution is 5.97. The number of carbonyl (C=O) groups is 1. The van der Waals surface area contributed by atoms with E-state index in [2.05, 4.69) is 24.8 Å². The number of halogens is 1. The number of hydrogen-bond acceptors (Lipinski definition) is 7. The second kappa shape index (κ2) is 9.70. The molecule has 0 amide bonds. The van der Waals surface area contributed by atoms with Crippen molar-refractivity contribution in [1.82, 2.24) is 19.9 Å². The number of fused-ring (bicyclic) bond motifs is 1. The van der Waals surface area contributed by atoms with Gasteiger partial charge in [-0.1, -0.05) is 0 Å². The highest BCUT2D eigenvalue weighted by Gasteiger charge is 2.21. The van der Waals surface area contributed by atoms with Crippen LogP contribution in [0, 0.1) is 5.82 Å². The molecule has 0 fully saturated rings. The largest absolute Gasteiger partial charge is 0.385 e. The van der Waals surface area contributed by atoms with Crippen molar-refractivity contribution in [3.63, 3.8) is 0 Å². The monoisotopic (exact) mass is 421 g/mol. The first-order valence-electron chi connectivity index (χ1n) is 10.3. The van der Waals surface area contributed by atoms with Crippen molar-refractivity contribution in [3.8, 4) is 11.6 Å². The van der Waals surface area contributed by atoms with Gasteiger partial charge in [-0.25, -0.2) is 24.3 Å². The molecule has 0 saturated heterocycles. The molecule has 8 heteroatoms. The second-order valence-electron chi connectivity index (χ2n) is 7.48. The molecule has 4 rings (SSSR count). The van der Waals surface area contributed by atoms with Gasteiger partial charge in [-0.15, -0.1) is 0 Å². The number of aromatic nitrogens is 4. The van der Waals surface area contributed by atoms with E-state index in [9.17, 15) is 9.18 Å². The molecule has 1 aliphatic rings. The third-order valence-corrected chi connectivity index (χ3v) is 5.27. The van der Waals surface area contributed by atoms with Crippen LogP contribution in [-0.2, 0) is 17.7 Å². The van der Waals surface area contributed by atoms with Crippen molar-refractivity contribution in [2.75, 3.05) is 25.2 Å². The zero-order chi connectivity index (χ0) is 21.6. The van der Waals surface area contributed by atoms with Gasteiger partial charge in [0.2, 0.25) is 0 Å². The molecule has 31 heavy (non-hydrogen) atoms. The predicted molar refractivity (Wildman–Crippen MR) is 114 cm³/mol. The summed E-state index contributed by atoms with van der Waals surface area (Å²) in [4.78, 5) is 32.0. The van der Waals surface area contributed by atoms with E-state index >= 15 is 0 Å². The fourth-order valence-electron chi connectivity index (χ4n) is 3.65. The van der Waals surface area contributed by atoms with Gasteiger partial charge < -0.3 is 9.64 Å². The summed E-state index contributed by atoms with van der Waals surface area (Å²) in [6.45, 7) is 1.84. The van der Waals surface area contributed by atoms with Gasteiger partial charge in [-0.3, -0.25) is 4.79 Å². The van der Waals surface area contributed by atoms with Gasteiger partial charge in [0.15, 0.2) is 17.4 Å². The zero-order valence-corrected chi connectivity index (χ0v) is 17.4. The van der Waals surface area contributed by atoms with E-state index < -0.39 is 5.82 Å². The van der Waals surface area contributed by atoms with E-state index in [0.717, 1.165) is 24.1 Å². The van der Waals surface area contributed by atoms with Gasteiger partial charge in [0.05, 0.1) is 5.69 Å². The molecule has 0 unspecified atom stereocenters.